The first-order valence-electron chi connectivity index (χ1n) is 10.0. The molecule has 31 heavy (non-hydrogen) atoms. The number of nitriles is 1. The van der Waals surface area contributed by atoms with Gasteiger partial charge in [-0.1, -0.05) is 24.3 Å². The van der Waals surface area contributed by atoms with Gasteiger partial charge in [0, 0.05) is 36.9 Å². The second-order valence-electron chi connectivity index (χ2n) is 7.38. The second-order valence-corrected chi connectivity index (χ2v) is 7.38. The van der Waals surface area contributed by atoms with Crippen LogP contribution < -0.4 is 9.47 Å². The summed E-state index contributed by atoms with van der Waals surface area (Å²) < 4.78 is 11.9. The summed E-state index contributed by atoms with van der Waals surface area (Å²) in [6, 6.07) is 21.2. The maximum atomic E-state index is 12.1. The number of fused-ring (bicyclic) bond motifs is 2. The van der Waals surface area contributed by atoms with E-state index in [1.807, 2.05) is 42.5 Å². The van der Waals surface area contributed by atoms with Crippen LogP contribution in [0.5, 0.6) is 17.2 Å². The number of pyridine rings is 1. The molecule has 1 aliphatic heterocycles. The standard InChI is InChI=1S/C26H18N2O3/c27-16-23-20-4-2-1-3-18(20)14-26(22(23)13-17-7-10-28-11-8-17)31-19-5-6-21-24(29)9-12-30-25(21)15-19/h1-8,10-11,14-15H,9,12-13H2. The van der Waals surface area contributed by atoms with E-state index in [1.165, 1.54) is 0 Å². The highest BCUT2D eigenvalue weighted by molar-refractivity contribution is 5.99. The van der Waals surface area contributed by atoms with E-state index in [4.69, 9.17) is 9.47 Å². The summed E-state index contributed by atoms with van der Waals surface area (Å²) >= 11 is 0. The molecule has 5 nitrogen and oxygen atoms in total. The number of aromatic nitrogens is 1. The maximum Gasteiger partial charge on any atom is 0.169 e. The third kappa shape index (κ3) is 3.60. The van der Waals surface area contributed by atoms with Crippen LogP contribution >= 0.6 is 0 Å². The van der Waals surface area contributed by atoms with E-state index >= 15 is 0 Å². The molecule has 150 valence electrons. The Hall–Kier alpha value is -4.17. The lowest BCUT2D eigenvalue weighted by molar-refractivity contribution is 0.0933. The smallest absolute Gasteiger partial charge is 0.169 e. The highest BCUT2D eigenvalue weighted by atomic mass is 16.5. The summed E-state index contributed by atoms with van der Waals surface area (Å²) in [7, 11) is 0. The number of carbonyl (C=O) groups excluding carboxylic acids is 1. The van der Waals surface area contributed by atoms with Crippen molar-refractivity contribution in [1.82, 2.24) is 4.98 Å². The minimum Gasteiger partial charge on any atom is -0.492 e. The fraction of sp³-hybridized carbons (Fsp3) is 0.115. The molecule has 0 fully saturated rings. The molecular weight excluding hydrogens is 388 g/mol. The topological polar surface area (TPSA) is 72.2 Å². The zero-order valence-electron chi connectivity index (χ0n) is 16.7. The first kappa shape index (κ1) is 18.8. The van der Waals surface area contributed by atoms with Crippen LogP contribution in [0.15, 0.2) is 73.1 Å². The molecule has 4 aromatic rings. The Labute approximate surface area is 179 Å². The van der Waals surface area contributed by atoms with Gasteiger partial charge in [-0.25, -0.2) is 0 Å². The molecule has 3 aromatic carbocycles. The largest absolute Gasteiger partial charge is 0.492 e. The second kappa shape index (κ2) is 7.92. The summed E-state index contributed by atoms with van der Waals surface area (Å²) in [4.78, 5) is 16.2. The molecule has 0 spiro atoms. The van der Waals surface area contributed by atoms with E-state index in [1.54, 1.807) is 30.6 Å². The number of nitrogens with zero attached hydrogens (tertiary/aromatic N) is 2. The number of Topliss-reactive ketones (excluding diaryl/α,β-unsaturated/α-hetero) is 1. The molecule has 0 unspecified atom stereocenters. The zero-order valence-corrected chi connectivity index (χ0v) is 16.7. The third-order valence-corrected chi connectivity index (χ3v) is 5.43. The molecule has 0 aliphatic carbocycles. The summed E-state index contributed by atoms with van der Waals surface area (Å²) in [5, 5.41) is 11.8. The van der Waals surface area contributed by atoms with Crippen molar-refractivity contribution in [3.8, 4) is 23.3 Å². The average Bonchev–Trinajstić information content (AvgIpc) is 2.80. The maximum absolute atomic E-state index is 12.1. The van der Waals surface area contributed by atoms with Crippen molar-refractivity contribution in [1.29, 1.82) is 5.26 Å². The number of hydrogen-bond donors (Lipinski definition) is 0. The predicted octanol–water partition coefficient (Wildman–Crippen LogP) is 5.45. The lowest BCUT2D eigenvalue weighted by Gasteiger charge is -2.19. The first-order valence-corrected chi connectivity index (χ1v) is 10.0. The fourth-order valence-corrected chi connectivity index (χ4v) is 3.89. The molecule has 1 aromatic heterocycles. The van der Waals surface area contributed by atoms with Gasteiger partial charge >= 0.3 is 0 Å². The Morgan fingerprint density at radius 1 is 1.06 bits per heavy atom. The molecule has 0 N–H and O–H groups in total. The molecule has 2 heterocycles. The van der Waals surface area contributed by atoms with Crippen LogP contribution in [0.4, 0.5) is 0 Å². The Morgan fingerprint density at radius 3 is 2.74 bits per heavy atom. The predicted molar refractivity (Wildman–Crippen MR) is 117 cm³/mol. The van der Waals surface area contributed by atoms with E-state index in [9.17, 15) is 10.1 Å². The van der Waals surface area contributed by atoms with E-state index < -0.39 is 0 Å². The number of carbonyl (C=O) groups is 1. The fourth-order valence-electron chi connectivity index (χ4n) is 3.89. The summed E-state index contributed by atoms with van der Waals surface area (Å²) in [5.41, 5.74) is 3.01. The van der Waals surface area contributed by atoms with Crippen molar-refractivity contribution < 1.29 is 14.3 Å². The van der Waals surface area contributed by atoms with Crippen molar-refractivity contribution in [3.63, 3.8) is 0 Å². The zero-order chi connectivity index (χ0) is 21.2. The molecule has 1 aliphatic rings. The van der Waals surface area contributed by atoms with Gasteiger partial charge in [0.05, 0.1) is 17.7 Å². The van der Waals surface area contributed by atoms with Gasteiger partial charge < -0.3 is 9.47 Å². The molecule has 0 saturated carbocycles. The monoisotopic (exact) mass is 406 g/mol. The number of ketones is 1. The molecule has 5 rings (SSSR count). The van der Waals surface area contributed by atoms with Crippen LogP contribution in [0, 0.1) is 11.3 Å². The van der Waals surface area contributed by atoms with Crippen molar-refractivity contribution in [2.45, 2.75) is 12.8 Å². The highest BCUT2D eigenvalue weighted by Crippen LogP contribution is 2.37. The Kier molecular flexibility index (Phi) is 4.81. The van der Waals surface area contributed by atoms with Crippen molar-refractivity contribution in [3.05, 3.63) is 95.3 Å². The van der Waals surface area contributed by atoms with Gasteiger partial charge in [0.15, 0.2) is 5.78 Å². The molecule has 0 bridgehead atoms. The van der Waals surface area contributed by atoms with Crippen LogP contribution in [0.3, 0.4) is 0 Å². The number of ether oxygens (including phenoxy) is 2. The summed E-state index contributed by atoms with van der Waals surface area (Å²) in [5.74, 6) is 1.77. The summed E-state index contributed by atoms with van der Waals surface area (Å²) in [6.45, 7) is 0.372. The quantitative estimate of drug-likeness (QED) is 0.450. The first-order chi connectivity index (χ1) is 15.2. The van der Waals surface area contributed by atoms with Crippen molar-refractivity contribution in [2.24, 2.45) is 0 Å². The number of hydrogen-bond acceptors (Lipinski definition) is 5. The normalized spacial score (nSPS) is 12.7. The molecule has 0 saturated heterocycles. The molecule has 0 atom stereocenters. The van der Waals surface area contributed by atoms with Gasteiger partial charge in [-0.3, -0.25) is 9.78 Å². The van der Waals surface area contributed by atoms with Gasteiger partial charge in [-0.2, -0.15) is 5.26 Å². The SMILES string of the molecule is N#Cc1c(Cc2ccncc2)c(Oc2ccc3c(c2)OCCC3=O)cc2ccccc12. The summed E-state index contributed by atoms with van der Waals surface area (Å²) in [6.07, 6.45) is 4.40. The van der Waals surface area contributed by atoms with Crippen LogP contribution in [0.1, 0.15) is 33.5 Å². The minimum atomic E-state index is 0.0728. The highest BCUT2D eigenvalue weighted by Gasteiger charge is 2.20. The molecule has 0 radical (unpaired) electrons. The Morgan fingerprint density at radius 2 is 1.90 bits per heavy atom. The van der Waals surface area contributed by atoms with E-state index in [-0.39, 0.29) is 5.78 Å². The molecular formula is C26H18N2O3. The van der Waals surface area contributed by atoms with Crippen LogP contribution in [-0.2, 0) is 6.42 Å². The Balaban J connectivity index is 1.63. The van der Waals surface area contributed by atoms with Gasteiger partial charge in [-0.05, 0) is 46.7 Å². The van der Waals surface area contributed by atoms with Gasteiger partial charge in [0.25, 0.3) is 0 Å². The van der Waals surface area contributed by atoms with Crippen molar-refractivity contribution >= 4 is 16.6 Å². The van der Waals surface area contributed by atoms with Crippen LogP contribution in [0.25, 0.3) is 10.8 Å². The number of benzene rings is 3. The van der Waals surface area contributed by atoms with E-state index in [0.717, 1.165) is 21.9 Å². The van der Waals surface area contributed by atoms with Crippen molar-refractivity contribution in [2.75, 3.05) is 6.61 Å². The van der Waals surface area contributed by atoms with Crippen LogP contribution in [-0.4, -0.2) is 17.4 Å². The average molecular weight is 406 g/mol. The lowest BCUT2D eigenvalue weighted by atomic mass is 9.94. The number of rotatable bonds is 4. The van der Waals surface area contributed by atoms with Gasteiger partial charge in [0.1, 0.15) is 23.3 Å². The van der Waals surface area contributed by atoms with Gasteiger partial charge in [0.2, 0.25) is 0 Å². The lowest BCUT2D eigenvalue weighted by Crippen LogP contribution is -2.15. The Bertz CT molecular complexity index is 1340. The van der Waals surface area contributed by atoms with Gasteiger partial charge in [-0.15, -0.1) is 0 Å². The van der Waals surface area contributed by atoms with E-state index in [0.29, 0.717) is 47.8 Å². The third-order valence-electron chi connectivity index (χ3n) is 5.43. The minimum absolute atomic E-state index is 0.0728. The molecule has 5 heteroatoms. The molecule has 0 amide bonds. The van der Waals surface area contributed by atoms with Crippen LogP contribution in [0.2, 0.25) is 0 Å². The van der Waals surface area contributed by atoms with E-state index in [2.05, 4.69) is 11.1 Å².